The molecule has 1 unspecified atom stereocenters. The molecule has 7 nitrogen and oxygen atoms in total. The Morgan fingerprint density at radius 3 is 2.62 bits per heavy atom. The summed E-state index contributed by atoms with van der Waals surface area (Å²) in [5, 5.41) is 7.54. The van der Waals surface area contributed by atoms with Crippen molar-refractivity contribution in [3.8, 4) is 5.69 Å². The molecule has 164 valence electrons. The molecule has 8 heteroatoms. The molecule has 0 bridgehead atoms. The first-order valence-corrected chi connectivity index (χ1v) is 10.5. The SMILES string of the molecule is CC(CCc1ccccc1)NC(=O)CCn1cnc2c(cnn2-c2ccc(F)cc2)c1=O. The van der Waals surface area contributed by atoms with Crippen LogP contribution in [0.25, 0.3) is 16.7 Å². The molecule has 32 heavy (non-hydrogen) atoms. The lowest BCUT2D eigenvalue weighted by molar-refractivity contribution is -0.121. The first-order valence-electron chi connectivity index (χ1n) is 10.5. The first-order chi connectivity index (χ1) is 15.5. The van der Waals surface area contributed by atoms with Gasteiger partial charge in [-0.25, -0.2) is 14.1 Å². The first kappa shape index (κ1) is 21.4. The number of carbonyl (C=O) groups is 1. The third-order valence-electron chi connectivity index (χ3n) is 5.32. The average Bonchev–Trinajstić information content (AvgIpc) is 3.23. The molecule has 1 N–H and O–H groups in total. The van der Waals surface area contributed by atoms with Gasteiger partial charge in [0.05, 0.1) is 18.2 Å². The van der Waals surface area contributed by atoms with E-state index in [4.69, 9.17) is 0 Å². The topological polar surface area (TPSA) is 81.8 Å². The molecule has 0 aliphatic carbocycles. The Kier molecular flexibility index (Phi) is 6.39. The standard InChI is InChI=1S/C24H24FN5O2/c1-17(7-8-18-5-3-2-4-6-18)28-22(31)13-14-29-16-26-23-21(24(29)32)15-27-30(23)20-11-9-19(25)10-12-20/h2-6,9-12,15-17H,7-8,13-14H2,1H3,(H,28,31). The third-order valence-corrected chi connectivity index (χ3v) is 5.32. The minimum Gasteiger partial charge on any atom is -0.354 e. The van der Waals surface area contributed by atoms with Crippen LogP contribution in [-0.2, 0) is 17.8 Å². The Hall–Kier alpha value is -3.81. The van der Waals surface area contributed by atoms with Crippen LogP contribution in [0.5, 0.6) is 0 Å². The van der Waals surface area contributed by atoms with Gasteiger partial charge in [-0.2, -0.15) is 5.10 Å². The molecule has 4 rings (SSSR count). The molecule has 0 aliphatic heterocycles. The zero-order valence-electron chi connectivity index (χ0n) is 17.7. The van der Waals surface area contributed by atoms with Gasteiger partial charge in [0.1, 0.15) is 11.2 Å². The quantitative estimate of drug-likeness (QED) is 0.463. The summed E-state index contributed by atoms with van der Waals surface area (Å²) < 4.78 is 16.1. The second-order valence-electron chi connectivity index (χ2n) is 7.76. The zero-order chi connectivity index (χ0) is 22.5. The predicted octanol–water partition coefficient (Wildman–Crippen LogP) is 3.25. The second kappa shape index (κ2) is 9.55. The number of hydrogen-bond donors (Lipinski definition) is 1. The number of nitrogens with zero attached hydrogens (tertiary/aromatic N) is 4. The van der Waals surface area contributed by atoms with Crippen LogP contribution >= 0.6 is 0 Å². The van der Waals surface area contributed by atoms with Crippen molar-refractivity contribution in [3.63, 3.8) is 0 Å². The van der Waals surface area contributed by atoms with Gasteiger partial charge in [-0.15, -0.1) is 0 Å². The molecular weight excluding hydrogens is 409 g/mol. The van der Waals surface area contributed by atoms with Crippen molar-refractivity contribution in [2.75, 3.05) is 0 Å². The van der Waals surface area contributed by atoms with Gasteiger partial charge in [0.15, 0.2) is 5.65 Å². The number of nitrogens with one attached hydrogen (secondary N) is 1. The van der Waals surface area contributed by atoms with Crippen LogP contribution in [0.15, 0.2) is 71.9 Å². The van der Waals surface area contributed by atoms with E-state index in [1.165, 1.54) is 39.5 Å². The summed E-state index contributed by atoms with van der Waals surface area (Å²) >= 11 is 0. The molecule has 2 aromatic carbocycles. The van der Waals surface area contributed by atoms with Gasteiger partial charge in [0.25, 0.3) is 5.56 Å². The Morgan fingerprint density at radius 1 is 1.12 bits per heavy atom. The van der Waals surface area contributed by atoms with Gasteiger partial charge in [-0.3, -0.25) is 14.2 Å². The monoisotopic (exact) mass is 433 g/mol. The summed E-state index contributed by atoms with van der Waals surface area (Å²) in [4.78, 5) is 29.5. The fourth-order valence-electron chi connectivity index (χ4n) is 3.55. The number of amides is 1. The molecule has 1 atom stereocenters. The summed E-state index contributed by atoms with van der Waals surface area (Å²) in [6.45, 7) is 2.20. The van der Waals surface area contributed by atoms with Crippen molar-refractivity contribution in [2.24, 2.45) is 0 Å². The van der Waals surface area contributed by atoms with Crippen molar-refractivity contribution in [3.05, 3.63) is 88.9 Å². The molecule has 0 aliphatic rings. The lowest BCUT2D eigenvalue weighted by Gasteiger charge is -2.14. The zero-order valence-corrected chi connectivity index (χ0v) is 17.7. The maximum absolute atomic E-state index is 13.2. The lowest BCUT2D eigenvalue weighted by Crippen LogP contribution is -2.34. The van der Waals surface area contributed by atoms with E-state index in [0.717, 1.165) is 12.8 Å². The second-order valence-corrected chi connectivity index (χ2v) is 7.76. The van der Waals surface area contributed by atoms with Crippen molar-refractivity contribution in [1.29, 1.82) is 0 Å². The van der Waals surface area contributed by atoms with Crippen molar-refractivity contribution >= 4 is 16.9 Å². The van der Waals surface area contributed by atoms with Crippen LogP contribution < -0.4 is 10.9 Å². The van der Waals surface area contributed by atoms with Crippen LogP contribution in [0.2, 0.25) is 0 Å². The molecule has 2 aromatic heterocycles. The number of aryl methyl sites for hydroxylation is 2. The van der Waals surface area contributed by atoms with E-state index in [9.17, 15) is 14.0 Å². The number of hydrogen-bond acceptors (Lipinski definition) is 4. The molecule has 0 fully saturated rings. The highest BCUT2D eigenvalue weighted by Crippen LogP contribution is 2.14. The highest BCUT2D eigenvalue weighted by atomic mass is 19.1. The molecule has 4 aromatic rings. The lowest BCUT2D eigenvalue weighted by atomic mass is 10.1. The number of carbonyl (C=O) groups excluding carboxylic acids is 1. The normalized spacial score (nSPS) is 12.1. The third kappa shape index (κ3) is 4.91. The van der Waals surface area contributed by atoms with E-state index >= 15 is 0 Å². The van der Waals surface area contributed by atoms with Crippen molar-refractivity contribution in [2.45, 2.75) is 38.8 Å². The highest BCUT2D eigenvalue weighted by Gasteiger charge is 2.13. The van der Waals surface area contributed by atoms with E-state index < -0.39 is 0 Å². The van der Waals surface area contributed by atoms with Gasteiger partial charge in [-0.05, 0) is 49.6 Å². The predicted molar refractivity (Wildman–Crippen MR) is 120 cm³/mol. The summed E-state index contributed by atoms with van der Waals surface area (Å²) in [6, 6.07) is 16.0. The number of halogens is 1. The smallest absolute Gasteiger partial charge is 0.264 e. The summed E-state index contributed by atoms with van der Waals surface area (Å²) in [5.74, 6) is -0.465. The molecule has 2 heterocycles. The summed E-state index contributed by atoms with van der Waals surface area (Å²) in [7, 11) is 0. The molecule has 0 spiro atoms. The number of rotatable bonds is 8. The van der Waals surface area contributed by atoms with Crippen LogP contribution in [0, 0.1) is 5.82 Å². The molecular formula is C24H24FN5O2. The summed E-state index contributed by atoms with van der Waals surface area (Å²) in [6.07, 6.45) is 4.76. The average molecular weight is 433 g/mol. The fourth-order valence-corrected chi connectivity index (χ4v) is 3.55. The van der Waals surface area contributed by atoms with Crippen molar-refractivity contribution in [1.82, 2.24) is 24.6 Å². The summed E-state index contributed by atoms with van der Waals surface area (Å²) in [5.41, 5.74) is 1.96. The molecule has 0 saturated heterocycles. The van der Waals surface area contributed by atoms with Gasteiger partial charge in [0.2, 0.25) is 5.91 Å². The van der Waals surface area contributed by atoms with Gasteiger partial charge < -0.3 is 5.32 Å². The maximum atomic E-state index is 13.2. The Balaban J connectivity index is 1.37. The Labute approximate surface area is 184 Å². The van der Waals surface area contributed by atoms with Crippen LogP contribution in [-0.4, -0.2) is 31.3 Å². The van der Waals surface area contributed by atoms with Gasteiger partial charge in [0, 0.05) is 19.0 Å². The van der Waals surface area contributed by atoms with Crippen molar-refractivity contribution < 1.29 is 9.18 Å². The molecule has 1 amide bonds. The fraction of sp³-hybridized carbons (Fsp3) is 0.250. The highest BCUT2D eigenvalue weighted by molar-refractivity contribution is 5.76. The van der Waals surface area contributed by atoms with Gasteiger partial charge >= 0.3 is 0 Å². The number of aromatic nitrogens is 4. The number of fused-ring (bicyclic) bond motifs is 1. The van der Waals surface area contributed by atoms with E-state index in [-0.39, 0.29) is 36.3 Å². The molecule has 0 saturated carbocycles. The van der Waals surface area contributed by atoms with E-state index in [2.05, 4.69) is 27.5 Å². The Morgan fingerprint density at radius 2 is 1.88 bits per heavy atom. The van der Waals surface area contributed by atoms with Gasteiger partial charge in [-0.1, -0.05) is 30.3 Å². The van der Waals surface area contributed by atoms with Crippen LogP contribution in [0.4, 0.5) is 4.39 Å². The van der Waals surface area contributed by atoms with E-state index in [0.29, 0.717) is 16.7 Å². The van der Waals surface area contributed by atoms with E-state index in [1.54, 1.807) is 12.1 Å². The van der Waals surface area contributed by atoms with Crippen LogP contribution in [0.3, 0.4) is 0 Å². The van der Waals surface area contributed by atoms with E-state index in [1.807, 2.05) is 25.1 Å². The minimum atomic E-state index is -0.354. The maximum Gasteiger partial charge on any atom is 0.264 e. The van der Waals surface area contributed by atoms with Crippen LogP contribution in [0.1, 0.15) is 25.3 Å². The number of benzene rings is 2. The molecule has 0 radical (unpaired) electrons. The largest absolute Gasteiger partial charge is 0.354 e. The minimum absolute atomic E-state index is 0.0361. The Bertz CT molecular complexity index is 1270.